The third-order valence-corrected chi connectivity index (χ3v) is 5.86. The number of nitrogens with zero attached hydrogens (tertiary/aromatic N) is 1. The van der Waals surface area contributed by atoms with Gasteiger partial charge in [0.25, 0.3) is 5.56 Å². The van der Waals surface area contributed by atoms with Crippen LogP contribution in [0.15, 0.2) is 59.4 Å². The first-order valence-corrected chi connectivity index (χ1v) is 10.9. The molecule has 0 unspecified atom stereocenters. The van der Waals surface area contributed by atoms with E-state index < -0.39 is 11.5 Å². The van der Waals surface area contributed by atoms with Gasteiger partial charge in [-0.25, -0.2) is 4.79 Å². The van der Waals surface area contributed by atoms with Crippen molar-refractivity contribution in [3.05, 3.63) is 70.6 Å². The number of esters is 1. The van der Waals surface area contributed by atoms with Crippen molar-refractivity contribution in [3.63, 3.8) is 0 Å². The topological polar surface area (TPSA) is 111 Å². The Morgan fingerprint density at radius 2 is 1.31 bits per heavy atom. The lowest BCUT2D eigenvalue weighted by Crippen LogP contribution is -2.27. The van der Waals surface area contributed by atoms with Gasteiger partial charge >= 0.3 is 5.97 Å². The number of anilines is 1. The minimum Gasteiger partial charge on any atom is -0.497 e. The van der Waals surface area contributed by atoms with Crippen LogP contribution in [0.2, 0.25) is 0 Å². The molecule has 1 aromatic heterocycles. The summed E-state index contributed by atoms with van der Waals surface area (Å²) >= 11 is 0. The maximum Gasteiger partial charge on any atom is 0.355 e. The average Bonchev–Trinajstić information content (AvgIpc) is 2.91. The number of aromatic nitrogens is 1. The zero-order valence-corrected chi connectivity index (χ0v) is 20.6. The largest absolute Gasteiger partial charge is 0.497 e. The number of carbonyl (C=O) groups excluding carboxylic acids is 1. The van der Waals surface area contributed by atoms with Gasteiger partial charge in [-0.15, -0.1) is 0 Å². The molecule has 1 heterocycles. The van der Waals surface area contributed by atoms with E-state index in [9.17, 15) is 9.59 Å². The normalized spacial score (nSPS) is 10.7. The van der Waals surface area contributed by atoms with E-state index in [-0.39, 0.29) is 5.69 Å². The molecule has 0 aliphatic heterocycles. The number of fused-ring (bicyclic) bond motifs is 1. The van der Waals surface area contributed by atoms with Crippen LogP contribution in [0.1, 0.15) is 10.5 Å². The Morgan fingerprint density at radius 1 is 0.750 bits per heavy atom. The van der Waals surface area contributed by atoms with E-state index in [0.717, 1.165) is 0 Å². The van der Waals surface area contributed by atoms with Crippen molar-refractivity contribution in [2.75, 3.05) is 41.3 Å². The SMILES string of the molecule is COC(=O)c1c(-c2cc(OC)cc(OC)c2)c2cc(OC)c(OC)cc2c(=O)n1-c1ccc(N)cc1. The van der Waals surface area contributed by atoms with Crippen molar-refractivity contribution < 1.29 is 28.5 Å². The first-order valence-electron chi connectivity index (χ1n) is 10.9. The van der Waals surface area contributed by atoms with Gasteiger partial charge in [0.2, 0.25) is 0 Å². The fourth-order valence-corrected chi connectivity index (χ4v) is 4.13. The second-order valence-electron chi connectivity index (χ2n) is 7.80. The molecule has 0 aliphatic rings. The first kappa shape index (κ1) is 24.5. The summed E-state index contributed by atoms with van der Waals surface area (Å²) in [5.74, 6) is 1.04. The molecule has 0 radical (unpaired) electrons. The van der Waals surface area contributed by atoms with Gasteiger partial charge in [-0.2, -0.15) is 0 Å². The monoisotopic (exact) mass is 490 g/mol. The van der Waals surface area contributed by atoms with Crippen LogP contribution in [0.5, 0.6) is 23.0 Å². The number of nitrogen functional groups attached to an aromatic ring is 1. The van der Waals surface area contributed by atoms with Crippen LogP contribution < -0.4 is 30.2 Å². The summed E-state index contributed by atoms with van der Waals surface area (Å²) in [6, 6.07) is 15.1. The van der Waals surface area contributed by atoms with Gasteiger partial charge in [0.05, 0.1) is 40.9 Å². The minimum absolute atomic E-state index is 0.0160. The highest BCUT2D eigenvalue weighted by atomic mass is 16.5. The fraction of sp³-hybridized carbons (Fsp3) is 0.185. The molecule has 0 saturated heterocycles. The summed E-state index contributed by atoms with van der Waals surface area (Å²) in [5.41, 5.74) is 7.37. The lowest BCUT2D eigenvalue weighted by atomic mass is 9.95. The summed E-state index contributed by atoms with van der Waals surface area (Å²) in [5, 5.41) is 0.758. The Morgan fingerprint density at radius 3 is 1.81 bits per heavy atom. The van der Waals surface area contributed by atoms with Gasteiger partial charge in [0, 0.05) is 28.4 Å². The Hall–Kier alpha value is -4.66. The molecule has 36 heavy (non-hydrogen) atoms. The number of carbonyl (C=O) groups is 1. The molecule has 4 aromatic rings. The van der Waals surface area contributed by atoms with E-state index in [4.69, 9.17) is 29.4 Å². The standard InChI is InChI=1S/C27H26N2O7/c1-32-18-10-15(11-19(12-18)33-2)24-20-13-22(34-3)23(35-4)14-21(20)26(30)29(25(24)27(31)36-5)17-8-6-16(28)7-9-17/h6-14H,28H2,1-5H3. The number of pyridine rings is 1. The van der Waals surface area contributed by atoms with Gasteiger partial charge < -0.3 is 29.4 Å². The Labute approximate surface area is 207 Å². The third-order valence-electron chi connectivity index (χ3n) is 5.86. The van der Waals surface area contributed by atoms with Gasteiger partial charge in [-0.3, -0.25) is 9.36 Å². The van der Waals surface area contributed by atoms with E-state index in [1.54, 1.807) is 54.6 Å². The van der Waals surface area contributed by atoms with E-state index in [1.807, 2.05) is 0 Å². The van der Waals surface area contributed by atoms with Gasteiger partial charge in [0.1, 0.15) is 17.2 Å². The highest BCUT2D eigenvalue weighted by Gasteiger charge is 2.27. The van der Waals surface area contributed by atoms with Crippen LogP contribution in [0, 0.1) is 0 Å². The smallest absolute Gasteiger partial charge is 0.355 e. The van der Waals surface area contributed by atoms with Gasteiger partial charge in [-0.1, -0.05) is 0 Å². The summed E-state index contributed by atoms with van der Waals surface area (Å²) in [7, 11) is 7.30. The van der Waals surface area contributed by atoms with Gasteiger partial charge in [-0.05, 0) is 54.1 Å². The molecule has 0 fully saturated rings. The summed E-state index contributed by atoms with van der Waals surface area (Å²) < 4.78 is 28.4. The van der Waals surface area contributed by atoms with Crippen LogP contribution in [0.3, 0.4) is 0 Å². The summed E-state index contributed by atoms with van der Waals surface area (Å²) in [6.45, 7) is 0. The molecule has 0 spiro atoms. The van der Waals surface area contributed by atoms with E-state index in [0.29, 0.717) is 56.3 Å². The molecule has 2 N–H and O–H groups in total. The second-order valence-corrected chi connectivity index (χ2v) is 7.80. The maximum atomic E-state index is 13.9. The molecular formula is C27H26N2O7. The number of benzene rings is 3. The third kappa shape index (κ3) is 4.15. The van der Waals surface area contributed by atoms with E-state index >= 15 is 0 Å². The quantitative estimate of drug-likeness (QED) is 0.305. The molecule has 9 nitrogen and oxygen atoms in total. The number of rotatable bonds is 7. The predicted molar refractivity (Wildman–Crippen MR) is 137 cm³/mol. The van der Waals surface area contributed by atoms with Crippen LogP contribution in [0.25, 0.3) is 27.6 Å². The van der Waals surface area contributed by atoms with Crippen molar-refractivity contribution in [2.45, 2.75) is 0 Å². The predicted octanol–water partition coefficient (Wildman–Crippen LogP) is 4.06. The molecule has 186 valence electrons. The molecule has 0 amide bonds. The average molecular weight is 491 g/mol. The lowest BCUT2D eigenvalue weighted by Gasteiger charge is -2.20. The number of hydrogen-bond acceptors (Lipinski definition) is 8. The zero-order valence-electron chi connectivity index (χ0n) is 20.6. The van der Waals surface area contributed by atoms with E-state index in [1.165, 1.54) is 40.1 Å². The second kappa shape index (κ2) is 9.91. The highest BCUT2D eigenvalue weighted by Crippen LogP contribution is 2.40. The minimum atomic E-state index is -0.711. The van der Waals surface area contributed by atoms with Crippen molar-refractivity contribution >= 4 is 22.4 Å². The Balaban J connectivity index is 2.29. The summed E-state index contributed by atoms with van der Waals surface area (Å²) in [4.78, 5) is 27.3. The van der Waals surface area contributed by atoms with Crippen LogP contribution in [0.4, 0.5) is 5.69 Å². The molecular weight excluding hydrogens is 464 g/mol. The molecule has 0 atom stereocenters. The first-order chi connectivity index (χ1) is 17.4. The van der Waals surface area contributed by atoms with Crippen molar-refractivity contribution in [3.8, 4) is 39.8 Å². The van der Waals surface area contributed by atoms with Crippen LogP contribution >= 0.6 is 0 Å². The van der Waals surface area contributed by atoms with Gasteiger partial charge in [0.15, 0.2) is 11.5 Å². The molecule has 9 heteroatoms. The number of nitrogens with two attached hydrogens (primary N) is 1. The van der Waals surface area contributed by atoms with E-state index in [2.05, 4.69) is 0 Å². The van der Waals surface area contributed by atoms with Crippen molar-refractivity contribution in [1.29, 1.82) is 0 Å². The Bertz CT molecular complexity index is 1490. The molecule has 0 bridgehead atoms. The summed E-state index contributed by atoms with van der Waals surface area (Å²) in [6.07, 6.45) is 0. The number of hydrogen-bond donors (Lipinski definition) is 1. The molecule has 3 aromatic carbocycles. The Kier molecular flexibility index (Phi) is 6.73. The van der Waals surface area contributed by atoms with Crippen LogP contribution in [-0.2, 0) is 4.74 Å². The highest BCUT2D eigenvalue weighted by molar-refractivity contribution is 6.08. The van der Waals surface area contributed by atoms with Crippen LogP contribution in [-0.4, -0.2) is 46.1 Å². The zero-order chi connectivity index (χ0) is 26.0. The number of methoxy groups -OCH3 is 5. The van der Waals surface area contributed by atoms with Crippen molar-refractivity contribution in [1.82, 2.24) is 4.57 Å². The molecule has 4 rings (SSSR count). The fourth-order valence-electron chi connectivity index (χ4n) is 4.13. The molecule has 0 saturated carbocycles. The number of ether oxygens (including phenoxy) is 5. The lowest BCUT2D eigenvalue weighted by molar-refractivity contribution is 0.0591. The molecule has 0 aliphatic carbocycles. The maximum absolute atomic E-state index is 13.9. The van der Waals surface area contributed by atoms with Crippen molar-refractivity contribution in [2.24, 2.45) is 0 Å².